The van der Waals surface area contributed by atoms with Gasteiger partial charge in [0.05, 0.1) is 103 Å². The molecule has 11 fully saturated rings. The molecule has 11 aliphatic rings. The number of nitrogens with zero attached hydrogens (tertiary/aromatic N) is 1. The van der Waals surface area contributed by atoms with E-state index in [2.05, 4.69) is 0 Å². The molecule has 11 heterocycles. The average molecular weight is 1860 g/mol. The summed E-state index contributed by atoms with van der Waals surface area (Å²) in [5, 5.41) is 69.3. The van der Waals surface area contributed by atoms with Crippen LogP contribution in [-0.4, -0.2) is 377 Å². The Morgan fingerprint density at radius 1 is 0.575 bits per heavy atom. The van der Waals surface area contributed by atoms with E-state index in [1.165, 1.54) is 69.3 Å². The Bertz CT molecular complexity index is 4190. The van der Waals surface area contributed by atoms with E-state index in [0.29, 0.717) is 0 Å². The van der Waals surface area contributed by atoms with Crippen LogP contribution in [0, 0.1) is 24.0 Å². The maximum absolute atomic E-state index is 14.4. The lowest BCUT2D eigenvalue weighted by Crippen LogP contribution is -2.71. The van der Waals surface area contributed by atoms with Crippen molar-refractivity contribution in [2.24, 2.45) is 0 Å². The molecule has 127 heavy (non-hydrogen) atoms. The molecule has 35 atom stereocenters. The van der Waals surface area contributed by atoms with Crippen LogP contribution in [0.1, 0.15) is 106 Å². The fraction of sp³-hybridized carbons (Fsp3) is 0.787. The molecule has 13 rings (SSSR count). The average Bonchev–Trinajstić information content (AvgIpc) is 1.57. The third-order valence-electron chi connectivity index (χ3n) is 24.6. The first-order valence-corrected chi connectivity index (χ1v) is 41.8. The third-order valence-corrected chi connectivity index (χ3v) is 25.5. The smallest absolute Gasteiger partial charge is 0.342 e. The molecule has 47 heteroatoms. The summed E-state index contributed by atoms with van der Waals surface area (Å²) < 4.78 is 199. The molecule has 0 aromatic heterocycles. The van der Waals surface area contributed by atoms with E-state index >= 15 is 0 Å². The van der Waals surface area contributed by atoms with E-state index in [4.69, 9.17) is 175 Å². The number of hydrogen-bond donors (Lipinski definition) is 5. The van der Waals surface area contributed by atoms with E-state index < -0.39 is 292 Å². The SMILES string of the molecule is COC[C@H]1O[C@@H](O[C@@H]2OC[C@@H]3O[C@@]4(OC[C@@H](OC(=O)c5c(C)cc(O)cc5O)[C@@H]5OCO[C@H]54)O[C@H]3[C@H]2OCC(=O)OC)[C@@H](OC)[C@@H](OCC(=O)OC)[C@@H]1O[C@@H]1O[C@H](C)[C@H](OC)[C@H](O[C@@H]2O[C@H](C)[C@H]3O[C@]4(C[C@@H](O)[C@H](O[C@H]5C[C@@H](O[C@H]6C[C@](C)([N+](=O)[O-])[C@@H](OC)[C@H](C)O6)[C@H](OC(=O)c6c(C)c(Cl)c(O)c(Cl)c6OC)[C@@H](C)O5)[C@@H](C)O4)O[C@]3(C)[C@@H]2OCC(=O)OC)[C@@]1(C)O. The summed E-state index contributed by atoms with van der Waals surface area (Å²) in [4.78, 5) is 79.7. The van der Waals surface area contributed by atoms with Gasteiger partial charge in [0.25, 0.3) is 11.5 Å². The van der Waals surface area contributed by atoms with Crippen LogP contribution in [0.25, 0.3) is 0 Å². The number of carbonyl (C=O) groups excluding carboxylic acids is 5. The van der Waals surface area contributed by atoms with Crippen LogP contribution in [0.3, 0.4) is 0 Å². The maximum atomic E-state index is 14.4. The lowest BCUT2D eigenvalue weighted by Gasteiger charge is -2.54. The van der Waals surface area contributed by atoms with Crippen LogP contribution in [0.4, 0.5) is 0 Å². The van der Waals surface area contributed by atoms with Crippen LogP contribution < -0.4 is 4.74 Å². The van der Waals surface area contributed by atoms with Gasteiger partial charge < -0.3 is 177 Å². The summed E-state index contributed by atoms with van der Waals surface area (Å²) >= 11 is 12.9. The fourth-order valence-corrected chi connectivity index (χ4v) is 19.0. The molecule has 45 nitrogen and oxygen atoms in total. The molecule has 2 aromatic rings. The second-order valence-corrected chi connectivity index (χ2v) is 33.9. The monoisotopic (exact) mass is 1860 g/mol. The largest absolute Gasteiger partial charge is 0.508 e. The Kier molecular flexibility index (Phi) is 30.9. The summed E-state index contributed by atoms with van der Waals surface area (Å²) in [5.41, 5.74) is -6.11. The van der Waals surface area contributed by atoms with Crippen LogP contribution in [0.2, 0.25) is 10.0 Å². The second-order valence-electron chi connectivity index (χ2n) is 33.1. The highest BCUT2D eigenvalue weighted by Gasteiger charge is 2.72. The number of aliphatic hydroxyl groups is 2. The number of carbonyl (C=O) groups is 5. The van der Waals surface area contributed by atoms with Crippen molar-refractivity contribution in [3.8, 4) is 23.0 Å². The normalized spacial score (nSPS) is 41.8. The lowest BCUT2D eigenvalue weighted by molar-refractivity contribution is -0.595. The second kappa shape index (κ2) is 40.0. The number of aromatic hydroxyl groups is 3. The molecule has 11 saturated heterocycles. The standard InChI is InChI=1S/C80H111Cl2NO44/c1-31-19-38(84)20-39(85)50(31)70(91)116-43-26-110-80(68-60(43)108-30-109-68)124-44-25-107-72(64(59(44)125-80)105-28-46(88)98-13)122-73-63(102-17)62(104-27-45(87)97-12)58(42(117-73)24-96-11)120-75-77(9,93)67(57(100-15)34(4)114-75)121-74-69(106-29-47(89)99-14)78(10)66(37(7)113-74)126-79(127-78)22-40(86)55(35(5)123-79)118-48-21-41(115-49-23-76(8,83(94)95)65(103-18)36(6)112-49)56(33(3)111-48)119-71(92)51-32(2)52(81)54(90)53(82)61(51)101-16/h19-20,33-37,40-44,48-49,55-60,62-69,72-75,84-86,90,93H,21-30H2,1-18H3/t33-,34-,35-,36+,37-,40-,41-,42-,43-,44+,48+,49+,55-,56-,57+,58-,59-,60+,62+,63+,64-,65+,66-,67+,68-,69-,72+,73+,74+,75+,76+,77-,78+,79-,80-/m1/s1. The minimum absolute atomic E-state index is 0.0508. The van der Waals surface area contributed by atoms with Crippen molar-refractivity contribution in [2.45, 2.75) is 301 Å². The first-order valence-electron chi connectivity index (χ1n) is 41.0. The van der Waals surface area contributed by atoms with Gasteiger partial charge in [0.15, 0.2) is 73.7 Å². The fourth-order valence-electron chi connectivity index (χ4n) is 18.5. The number of esters is 5. The minimum atomic E-state index is -2.38. The molecule has 0 radical (unpaired) electrons. The third kappa shape index (κ3) is 19.4. The number of phenolic OH excluding ortho intramolecular Hbond substituents is 3. The van der Waals surface area contributed by atoms with E-state index in [9.17, 15) is 59.6 Å². The van der Waals surface area contributed by atoms with Crippen LogP contribution in [-0.2, 0) is 161 Å². The van der Waals surface area contributed by atoms with E-state index in [1.807, 2.05) is 0 Å². The number of ether oxygens (including phenoxy) is 32. The molecule has 5 N–H and O–H groups in total. The topological polar surface area (TPSA) is 525 Å². The van der Waals surface area contributed by atoms with Gasteiger partial charge in [-0.25, -0.2) is 24.0 Å². The molecule has 0 aliphatic carbocycles. The number of nitro groups is 1. The van der Waals surface area contributed by atoms with E-state index in [1.54, 1.807) is 41.5 Å². The maximum Gasteiger partial charge on any atom is 0.342 e. The Hall–Kier alpha value is -6.15. The number of aliphatic hydroxyl groups excluding tert-OH is 1. The highest BCUT2D eigenvalue weighted by Crippen LogP contribution is 2.54. The zero-order chi connectivity index (χ0) is 92.2. The van der Waals surface area contributed by atoms with Gasteiger partial charge in [-0.1, -0.05) is 23.2 Å². The van der Waals surface area contributed by atoms with Gasteiger partial charge in [0.1, 0.15) is 151 Å². The summed E-state index contributed by atoms with van der Waals surface area (Å²) in [7, 11) is 9.89. The number of rotatable bonds is 30. The lowest BCUT2D eigenvalue weighted by atomic mass is 9.85. The molecule has 11 aliphatic heterocycles. The number of phenols is 3. The highest BCUT2D eigenvalue weighted by molar-refractivity contribution is 6.39. The summed E-state index contributed by atoms with van der Waals surface area (Å²) in [6.07, 6.45) is -40.7. The molecule has 2 aromatic carbocycles. The van der Waals surface area contributed by atoms with Gasteiger partial charge in [-0.2, -0.15) is 0 Å². The molecule has 0 saturated carbocycles. The Labute approximate surface area is 738 Å². The summed E-state index contributed by atoms with van der Waals surface area (Å²) in [5.74, 6) is -10.4. The van der Waals surface area contributed by atoms with Crippen molar-refractivity contribution in [2.75, 3.05) is 103 Å². The molecule has 0 bridgehead atoms. The predicted octanol–water partition coefficient (Wildman–Crippen LogP) is 2.24. The number of aryl methyl sites for hydroxylation is 1. The molecule has 714 valence electrons. The minimum Gasteiger partial charge on any atom is -0.508 e. The van der Waals surface area contributed by atoms with Crippen molar-refractivity contribution in [3.05, 3.63) is 54.5 Å². The van der Waals surface area contributed by atoms with E-state index in [0.717, 1.165) is 27.4 Å². The van der Waals surface area contributed by atoms with Crippen molar-refractivity contribution in [3.63, 3.8) is 0 Å². The van der Waals surface area contributed by atoms with Crippen LogP contribution in [0.5, 0.6) is 23.0 Å². The number of benzene rings is 2. The number of halogens is 2. The Morgan fingerprint density at radius 2 is 1.24 bits per heavy atom. The molecule has 2 spiro atoms. The molecule has 0 amide bonds. The summed E-state index contributed by atoms with van der Waals surface area (Å²) in [6, 6.07) is 2.26. The van der Waals surface area contributed by atoms with Crippen molar-refractivity contribution in [1.82, 2.24) is 0 Å². The molecular formula is C80H111Cl2NO44. The molecular weight excluding hydrogens is 1750 g/mol. The Balaban J connectivity index is 0.721. The zero-order valence-electron chi connectivity index (χ0n) is 72.9. The van der Waals surface area contributed by atoms with Crippen molar-refractivity contribution >= 4 is 53.0 Å². The number of hydrogen-bond acceptors (Lipinski definition) is 44. The van der Waals surface area contributed by atoms with E-state index in [-0.39, 0.29) is 76.6 Å². The van der Waals surface area contributed by atoms with Gasteiger partial charge in [-0.15, -0.1) is 0 Å². The summed E-state index contributed by atoms with van der Waals surface area (Å²) in [6.45, 7) is 11.5. The number of fused-ring (bicyclic) bond motifs is 4. The molecule has 0 unspecified atom stereocenters. The predicted molar refractivity (Wildman–Crippen MR) is 415 cm³/mol. The van der Waals surface area contributed by atoms with Gasteiger partial charge in [-0.05, 0) is 79.5 Å². The highest BCUT2D eigenvalue weighted by atomic mass is 35.5. The number of methoxy groups -OCH3 is 8. The van der Waals surface area contributed by atoms with Crippen LogP contribution in [0.15, 0.2) is 12.1 Å². The quantitative estimate of drug-likeness (QED) is 0.0324. The van der Waals surface area contributed by atoms with Gasteiger partial charge in [0, 0.05) is 52.8 Å². The zero-order valence-corrected chi connectivity index (χ0v) is 74.4. The van der Waals surface area contributed by atoms with Gasteiger partial charge in [0.2, 0.25) is 0 Å². The van der Waals surface area contributed by atoms with Gasteiger partial charge in [-0.3, -0.25) is 10.1 Å². The van der Waals surface area contributed by atoms with Crippen molar-refractivity contribution < 1.29 is 206 Å². The van der Waals surface area contributed by atoms with Crippen LogP contribution >= 0.6 is 23.2 Å². The van der Waals surface area contributed by atoms with Gasteiger partial charge >= 0.3 is 35.8 Å². The first kappa shape index (κ1) is 98.4. The van der Waals surface area contributed by atoms with Crippen molar-refractivity contribution in [1.29, 1.82) is 0 Å². The first-order chi connectivity index (χ1) is 60.2. The Morgan fingerprint density at radius 3 is 1.87 bits per heavy atom.